The highest BCUT2D eigenvalue weighted by Gasteiger charge is 2.22. The standard InChI is InChI=1S/C9H10O2.C5H10O5/c1-6-4-3-5-8(7(6)2)9(10)11;6-1-3(8)5(10)4(9)2-7/h3-5H,1-2H3,(H,10,11);1,3-5,7-10H,2H2/t;3-,4+,5+/m.0/s1. The molecule has 0 aliphatic carbocycles. The second kappa shape index (κ2) is 9.19. The van der Waals surface area contributed by atoms with E-state index in [4.69, 9.17) is 25.5 Å². The maximum absolute atomic E-state index is 10.6. The van der Waals surface area contributed by atoms with Gasteiger partial charge in [-0.2, -0.15) is 0 Å². The highest BCUT2D eigenvalue weighted by atomic mass is 16.4. The fourth-order valence-electron chi connectivity index (χ4n) is 1.40. The molecular weight excluding hydrogens is 280 g/mol. The van der Waals surface area contributed by atoms with Gasteiger partial charge in [0.1, 0.15) is 18.3 Å². The largest absolute Gasteiger partial charge is 0.478 e. The van der Waals surface area contributed by atoms with E-state index in [0.717, 1.165) is 11.1 Å². The summed E-state index contributed by atoms with van der Waals surface area (Å²) in [6.07, 6.45) is -4.63. The summed E-state index contributed by atoms with van der Waals surface area (Å²) in [5.41, 5.74) is 2.26. The molecule has 0 aliphatic heterocycles. The maximum atomic E-state index is 10.6. The first kappa shape index (κ1) is 19.2. The second-order valence-electron chi connectivity index (χ2n) is 4.42. The van der Waals surface area contributed by atoms with Crippen LogP contribution in [0.1, 0.15) is 21.5 Å². The Morgan fingerprint density at radius 3 is 2.19 bits per heavy atom. The molecule has 0 bridgehead atoms. The Morgan fingerprint density at radius 1 is 1.24 bits per heavy atom. The molecule has 0 unspecified atom stereocenters. The molecule has 0 saturated heterocycles. The van der Waals surface area contributed by atoms with E-state index in [9.17, 15) is 9.59 Å². The number of aldehydes is 1. The lowest BCUT2D eigenvalue weighted by Crippen LogP contribution is -2.40. The second-order valence-corrected chi connectivity index (χ2v) is 4.42. The molecule has 118 valence electrons. The van der Waals surface area contributed by atoms with Crippen molar-refractivity contribution in [1.29, 1.82) is 0 Å². The van der Waals surface area contributed by atoms with Crippen LogP contribution in [0, 0.1) is 13.8 Å². The smallest absolute Gasteiger partial charge is 0.335 e. The van der Waals surface area contributed by atoms with Crippen molar-refractivity contribution in [3.63, 3.8) is 0 Å². The molecule has 0 aliphatic rings. The van der Waals surface area contributed by atoms with E-state index in [0.29, 0.717) is 5.56 Å². The van der Waals surface area contributed by atoms with E-state index in [1.165, 1.54) is 0 Å². The first-order valence-corrected chi connectivity index (χ1v) is 6.16. The number of aliphatic hydroxyl groups excluding tert-OH is 4. The van der Waals surface area contributed by atoms with Crippen LogP contribution >= 0.6 is 0 Å². The number of carbonyl (C=O) groups is 2. The summed E-state index contributed by atoms with van der Waals surface area (Å²) in [5.74, 6) is -0.855. The van der Waals surface area contributed by atoms with E-state index >= 15 is 0 Å². The van der Waals surface area contributed by atoms with Crippen LogP contribution in [-0.2, 0) is 4.79 Å². The highest BCUT2D eigenvalue weighted by molar-refractivity contribution is 5.89. The predicted octanol–water partition coefficient (Wildman–Crippen LogP) is -0.738. The van der Waals surface area contributed by atoms with Gasteiger partial charge in [-0.3, -0.25) is 0 Å². The van der Waals surface area contributed by atoms with Crippen LogP contribution < -0.4 is 0 Å². The Labute approximate surface area is 122 Å². The lowest BCUT2D eigenvalue weighted by Gasteiger charge is -2.16. The maximum Gasteiger partial charge on any atom is 0.335 e. The summed E-state index contributed by atoms with van der Waals surface area (Å²) in [7, 11) is 0. The quantitative estimate of drug-likeness (QED) is 0.452. The van der Waals surface area contributed by atoms with Gasteiger partial charge in [0.15, 0.2) is 6.29 Å². The van der Waals surface area contributed by atoms with Crippen molar-refractivity contribution in [3.8, 4) is 0 Å². The molecule has 7 heteroatoms. The van der Waals surface area contributed by atoms with Crippen molar-refractivity contribution in [2.24, 2.45) is 0 Å². The molecular formula is C14H20O7. The average molecular weight is 300 g/mol. The molecule has 0 aromatic heterocycles. The first-order chi connectivity index (χ1) is 9.76. The fourth-order valence-corrected chi connectivity index (χ4v) is 1.40. The number of carbonyl (C=O) groups excluding carboxylic acids is 1. The molecule has 0 radical (unpaired) electrons. The van der Waals surface area contributed by atoms with Gasteiger partial charge in [-0.25, -0.2) is 4.79 Å². The minimum atomic E-state index is -1.64. The third-order valence-electron chi connectivity index (χ3n) is 2.91. The lowest BCUT2D eigenvalue weighted by molar-refractivity contribution is -0.127. The predicted molar refractivity (Wildman–Crippen MR) is 74.0 cm³/mol. The Hall–Kier alpha value is -1.80. The fraction of sp³-hybridized carbons (Fsp3) is 0.429. The van der Waals surface area contributed by atoms with Crippen LogP contribution in [-0.4, -0.2) is 62.7 Å². The number of carboxylic acids is 1. The Kier molecular flexibility index (Phi) is 8.41. The van der Waals surface area contributed by atoms with Crippen molar-refractivity contribution < 1.29 is 35.1 Å². The summed E-state index contributed by atoms with van der Waals surface area (Å²) in [5, 5.41) is 42.7. The van der Waals surface area contributed by atoms with Crippen molar-refractivity contribution in [3.05, 3.63) is 34.9 Å². The van der Waals surface area contributed by atoms with Gasteiger partial charge < -0.3 is 30.3 Å². The van der Waals surface area contributed by atoms with Gasteiger partial charge in [-0.05, 0) is 31.0 Å². The summed E-state index contributed by atoms with van der Waals surface area (Å²) in [4.78, 5) is 20.3. The molecule has 7 nitrogen and oxygen atoms in total. The van der Waals surface area contributed by atoms with Gasteiger partial charge in [-0.1, -0.05) is 12.1 Å². The van der Waals surface area contributed by atoms with Gasteiger partial charge in [0.2, 0.25) is 0 Å². The van der Waals surface area contributed by atoms with Crippen molar-refractivity contribution in [2.45, 2.75) is 32.2 Å². The summed E-state index contributed by atoms with van der Waals surface area (Å²) >= 11 is 0. The molecule has 0 spiro atoms. The molecule has 3 atom stereocenters. The molecule has 1 aromatic rings. The van der Waals surface area contributed by atoms with E-state index in [1.807, 2.05) is 19.9 Å². The molecule has 5 N–H and O–H groups in total. The molecule has 1 aromatic carbocycles. The van der Waals surface area contributed by atoms with Gasteiger partial charge in [0, 0.05) is 0 Å². The van der Waals surface area contributed by atoms with Crippen LogP contribution in [0.4, 0.5) is 0 Å². The molecule has 0 saturated carbocycles. The number of benzene rings is 1. The Morgan fingerprint density at radius 2 is 1.81 bits per heavy atom. The monoisotopic (exact) mass is 300 g/mol. The van der Waals surface area contributed by atoms with Crippen LogP contribution in [0.15, 0.2) is 18.2 Å². The number of hydrogen-bond acceptors (Lipinski definition) is 6. The number of aromatic carboxylic acids is 1. The van der Waals surface area contributed by atoms with Gasteiger partial charge >= 0.3 is 5.97 Å². The van der Waals surface area contributed by atoms with Crippen LogP contribution in [0.5, 0.6) is 0 Å². The Bertz CT molecular complexity index is 472. The van der Waals surface area contributed by atoms with Crippen molar-refractivity contribution in [1.82, 2.24) is 0 Å². The SMILES string of the molecule is Cc1cccc(C(=O)O)c1C.O=C[C@H](O)[C@@H](O)[C@H](O)CO. The normalized spacial score (nSPS) is 14.4. The third-order valence-corrected chi connectivity index (χ3v) is 2.91. The molecule has 0 amide bonds. The molecule has 21 heavy (non-hydrogen) atoms. The minimum absolute atomic E-state index is 0.0869. The summed E-state index contributed by atoms with van der Waals surface area (Å²) in [6, 6.07) is 5.28. The number of aliphatic hydroxyl groups is 4. The van der Waals surface area contributed by atoms with E-state index in [1.54, 1.807) is 12.1 Å². The number of rotatable bonds is 5. The van der Waals surface area contributed by atoms with Crippen LogP contribution in [0.25, 0.3) is 0 Å². The minimum Gasteiger partial charge on any atom is -0.478 e. The lowest BCUT2D eigenvalue weighted by atomic mass is 10.0. The zero-order valence-electron chi connectivity index (χ0n) is 11.8. The highest BCUT2D eigenvalue weighted by Crippen LogP contribution is 2.11. The molecule has 1 rings (SSSR count). The van der Waals surface area contributed by atoms with E-state index in [-0.39, 0.29) is 6.29 Å². The molecule has 0 fully saturated rings. The van der Waals surface area contributed by atoms with Gasteiger partial charge in [0.05, 0.1) is 12.2 Å². The number of hydrogen-bond donors (Lipinski definition) is 5. The van der Waals surface area contributed by atoms with Crippen molar-refractivity contribution in [2.75, 3.05) is 6.61 Å². The van der Waals surface area contributed by atoms with Crippen LogP contribution in [0.2, 0.25) is 0 Å². The zero-order chi connectivity index (χ0) is 16.6. The summed E-state index contributed by atoms with van der Waals surface area (Å²) < 4.78 is 0. The van der Waals surface area contributed by atoms with Gasteiger partial charge in [0.25, 0.3) is 0 Å². The van der Waals surface area contributed by atoms with Crippen LogP contribution in [0.3, 0.4) is 0 Å². The third kappa shape index (κ3) is 6.01. The Balaban J connectivity index is 0.000000384. The van der Waals surface area contributed by atoms with Crippen molar-refractivity contribution >= 4 is 12.3 Å². The summed E-state index contributed by atoms with van der Waals surface area (Å²) in [6.45, 7) is 3.03. The van der Waals surface area contributed by atoms with E-state index in [2.05, 4.69) is 0 Å². The van der Waals surface area contributed by atoms with E-state index < -0.39 is 30.9 Å². The first-order valence-electron chi connectivity index (χ1n) is 6.16. The topological polar surface area (TPSA) is 135 Å². The zero-order valence-corrected chi connectivity index (χ0v) is 11.8. The number of carboxylic acid groups (broad SMARTS) is 1. The molecule has 0 heterocycles. The van der Waals surface area contributed by atoms with Gasteiger partial charge in [-0.15, -0.1) is 0 Å². The average Bonchev–Trinajstić information content (AvgIpc) is 2.47. The number of aryl methyl sites for hydroxylation is 1.